The minimum atomic E-state index is -0.126. The van der Waals surface area contributed by atoms with E-state index < -0.39 is 0 Å². The van der Waals surface area contributed by atoms with Crippen molar-refractivity contribution in [1.82, 2.24) is 10.2 Å². The summed E-state index contributed by atoms with van der Waals surface area (Å²) in [7, 11) is 3.78. The molecule has 4 nitrogen and oxygen atoms in total. The van der Waals surface area contributed by atoms with Crippen LogP contribution >= 0.6 is 0 Å². The van der Waals surface area contributed by atoms with E-state index >= 15 is 0 Å². The van der Waals surface area contributed by atoms with Gasteiger partial charge in [-0.25, -0.2) is 0 Å². The molecule has 18 heavy (non-hydrogen) atoms. The fourth-order valence-electron chi connectivity index (χ4n) is 2.83. The van der Waals surface area contributed by atoms with Gasteiger partial charge in [0.05, 0.1) is 5.60 Å². The van der Waals surface area contributed by atoms with Crippen molar-refractivity contribution in [3.05, 3.63) is 0 Å². The highest BCUT2D eigenvalue weighted by Crippen LogP contribution is 2.21. The summed E-state index contributed by atoms with van der Waals surface area (Å²) in [5, 5.41) is 12.3. The quantitative estimate of drug-likeness (QED) is 0.684. The van der Waals surface area contributed by atoms with Crippen LogP contribution in [0.15, 0.2) is 0 Å². The molecule has 1 heterocycles. The summed E-state index contributed by atoms with van der Waals surface area (Å²) in [5.74, 6) is 0.693. The van der Waals surface area contributed by atoms with Crippen LogP contribution in [0.2, 0.25) is 0 Å². The number of rotatable bonds is 8. The van der Waals surface area contributed by atoms with Gasteiger partial charge in [0.1, 0.15) is 0 Å². The van der Waals surface area contributed by atoms with Crippen molar-refractivity contribution in [1.29, 1.82) is 0 Å². The zero-order valence-electron chi connectivity index (χ0n) is 12.4. The van der Waals surface area contributed by atoms with Crippen molar-refractivity contribution in [3.8, 4) is 0 Å². The average Bonchev–Trinajstić information content (AvgIpc) is 2.78. The van der Waals surface area contributed by atoms with Crippen molar-refractivity contribution in [2.45, 2.75) is 44.8 Å². The van der Waals surface area contributed by atoms with Gasteiger partial charge in [-0.05, 0) is 59.2 Å². The highest BCUT2D eigenvalue weighted by molar-refractivity contribution is 4.86. The second-order valence-corrected chi connectivity index (χ2v) is 5.91. The molecule has 0 radical (unpaired) electrons. The monoisotopic (exact) mass is 258 g/mol. The van der Waals surface area contributed by atoms with E-state index in [2.05, 4.69) is 24.1 Å². The van der Waals surface area contributed by atoms with E-state index in [1.165, 1.54) is 13.0 Å². The van der Waals surface area contributed by atoms with Crippen molar-refractivity contribution >= 4 is 0 Å². The van der Waals surface area contributed by atoms with Gasteiger partial charge in [-0.1, -0.05) is 0 Å². The van der Waals surface area contributed by atoms with E-state index in [-0.39, 0.29) is 5.60 Å². The van der Waals surface area contributed by atoms with E-state index in [0.29, 0.717) is 18.6 Å². The summed E-state index contributed by atoms with van der Waals surface area (Å²) in [4.78, 5) is 2.51. The number of methoxy groups -OCH3 is 1. The summed E-state index contributed by atoms with van der Waals surface area (Å²) in [5.41, 5.74) is -0.126. The van der Waals surface area contributed by atoms with Gasteiger partial charge in [0.2, 0.25) is 0 Å². The predicted octanol–water partition coefficient (Wildman–Crippen LogP) is 1.09. The fraction of sp³-hybridized carbons (Fsp3) is 1.00. The molecule has 0 aromatic rings. The zero-order chi connectivity index (χ0) is 13.6. The van der Waals surface area contributed by atoms with Gasteiger partial charge in [0.25, 0.3) is 0 Å². The van der Waals surface area contributed by atoms with Crippen LogP contribution in [0.3, 0.4) is 0 Å². The number of hydrogen-bond acceptors (Lipinski definition) is 4. The summed E-state index contributed by atoms with van der Waals surface area (Å²) in [6, 6.07) is 0.374. The first-order valence-corrected chi connectivity index (χ1v) is 7.09. The molecule has 0 aromatic carbocycles. The maximum atomic E-state index is 8.96. The molecule has 1 aliphatic rings. The van der Waals surface area contributed by atoms with Crippen molar-refractivity contribution < 1.29 is 9.84 Å². The summed E-state index contributed by atoms with van der Waals surface area (Å²) in [6.45, 7) is 8.02. The van der Waals surface area contributed by atoms with Crippen LogP contribution in [0.5, 0.6) is 0 Å². The van der Waals surface area contributed by atoms with E-state index in [4.69, 9.17) is 9.84 Å². The third-order valence-corrected chi connectivity index (χ3v) is 4.36. The Balaban J connectivity index is 2.32. The maximum Gasteiger partial charge on any atom is 0.0775 e. The SMILES string of the molecule is CNC(CCN1CCC(CCO)C1)C(C)(C)OC. The number of ether oxygens (including phenoxy) is 1. The Morgan fingerprint density at radius 3 is 2.78 bits per heavy atom. The smallest absolute Gasteiger partial charge is 0.0775 e. The third kappa shape index (κ3) is 4.50. The van der Waals surface area contributed by atoms with Crippen LogP contribution in [-0.2, 0) is 4.74 Å². The lowest BCUT2D eigenvalue weighted by atomic mass is 9.95. The van der Waals surface area contributed by atoms with Crippen LogP contribution in [0.25, 0.3) is 0 Å². The number of nitrogens with one attached hydrogen (secondary N) is 1. The lowest BCUT2D eigenvalue weighted by molar-refractivity contribution is -0.0124. The highest BCUT2D eigenvalue weighted by atomic mass is 16.5. The average molecular weight is 258 g/mol. The number of aliphatic hydroxyl groups excluding tert-OH is 1. The first-order valence-electron chi connectivity index (χ1n) is 7.09. The molecule has 2 atom stereocenters. The second kappa shape index (κ2) is 7.43. The number of nitrogens with zero attached hydrogens (tertiary/aromatic N) is 1. The van der Waals surface area contributed by atoms with Crippen LogP contribution < -0.4 is 5.32 Å². The molecule has 0 amide bonds. The molecule has 4 heteroatoms. The van der Waals surface area contributed by atoms with Gasteiger partial charge in [-0.2, -0.15) is 0 Å². The molecule has 108 valence electrons. The lowest BCUT2D eigenvalue weighted by Crippen LogP contribution is -2.48. The van der Waals surface area contributed by atoms with Gasteiger partial charge < -0.3 is 20.1 Å². The van der Waals surface area contributed by atoms with E-state index in [1.54, 1.807) is 7.11 Å². The summed E-state index contributed by atoms with van der Waals surface area (Å²) < 4.78 is 5.55. The molecule has 2 N–H and O–H groups in total. The Bertz CT molecular complexity index is 234. The van der Waals surface area contributed by atoms with Crippen molar-refractivity contribution in [2.75, 3.05) is 40.4 Å². The second-order valence-electron chi connectivity index (χ2n) is 5.91. The van der Waals surface area contributed by atoms with Crippen LogP contribution in [0, 0.1) is 5.92 Å². The minimum Gasteiger partial charge on any atom is -0.396 e. The Morgan fingerprint density at radius 2 is 2.22 bits per heavy atom. The molecular formula is C14H30N2O2. The molecule has 0 saturated carbocycles. The first-order chi connectivity index (χ1) is 8.53. The van der Waals surface area contributed by atoms with Gasteiger partial charge in [-0.15, -0.1) is 0 Å². The number of aliphatic hydroxyl groups is 1. The van der Waals surface area contributed by atoms with E-state index in [0.717, 1.165) is 25.9 Å². The van der Waals surface area contributed by atoms with Crippen molar-refractivity contribution in [3.63, 3.8) is 0 Å². The molecule has 1 fully saturated rings. The number of likely N-dealkylation sites (N-methyl/N-ethyl adjacent to an activating group) is 1. The number of likely N-dealkylation sites (tertiary alicyclic amines) is 1. The molecule has 1 saturated heterocycles. The highest BCUT2D eigenvalue weighted by Gasteiger charge is 2.29. The molecular weight excluding hydrogens is 228 g/mol. The topological polar surface area (TPSA) is 44.7 Å². The Kier molecular flexibility index (Phi) is 6.57. The molecule has 0 spiro atoms. The van der Waals surface area contributed by atoms with E-state index in [9.17, 15) is 0 Å². The Labute approximate surface area is 112 Å². The lowest BCUT2D eigenvalue weighted by Gasteiger charge is -2.34. The molecule has 0 aliphatic carbocycles. The van der Waals surface area contributed by atoms with Gasteiger partial charge in [0.15, 0.2) is 0 Å². The van der Waals surface area contributed by atoms with Crippen LogP contribution in [0.1, 0.15) is 33.1 Å². The first kappa shape index (κ1) is 15.9. The van der Waals surface area contributed by atoms with Gasteiger partial charge in [-0.3, -0.25) is 0 Å². The van der Waals surface area contributed by atoms with E-state index in [1.807, 2.05) is 7.05 Å². The number of hydrogen-bond donors (Lipinski definition) is 2. The Morgan fingerprint density at radius 1 is 1.50 bits per heavy atom. The van der Waals surface area contributed by atoms with Crippen LogP contribution in [-0.4, -0.2) is 62.0 Å². The molecule has 0 aromatic heterocycles. The standard InChI is InChI=1S/C14H30N2O2/c1-14(2,18-4)13(15-3)6-9-16-8-5-12(11-16)7-10-17/h12-13,15,17H,5-11H2,1-4H3. The molecule has 1 aliphatic heterocycles. The van der Waals surface area contributed by atoms with Crippen LogP contribution in [0.4, 0.5) is 0 Å². The predicted molar refractivity (Wildman–Crippen MR) is 74.8 cm³/mol. The van der Waals surface area contributed by atoms with Gasteiger partial charge >= 0.3 is 0 Å². The largest absolute Gasteiger partial charge is 0.396 e. The molecule has 0 bridgehead atoms. The third-order valence-electron chi connectivity index (χ3n) is 4.36. The maximum absolute atomic E-state index is 8.96. The fourth-order valence-corrected chi connectivity index (χ4v) is 2.83. The van der Waals surface area contributed by atoms with Gasteiger partial charge in [0, 0.05) is 26.3 Å². The zero-order valence-corrected chi connectivity index (χ0v) is 12.4. The minimum absolute atomic E-state index is 0.126. The molecule has 2 unspecified atom stereocenters. The Hall–Kier alpha value is -0.160. The molecule has 1 rings (SSSR count). The summed E-state index contributed by atoms with van der Waals surface area (Å²) >= 11 is 0. The summed E-state index contributed by atoms with van der Waals surface area (Å²) in [6.07, 6.45) is 3.29. The van der Waals surface area contributed by atoms with Crippen molar-refractivity contribution in [2.24, 2.45) is 5.92 Å². The normalized spacial score (nSPS) is 23.5.